The zero-order chi connectivity index (χ0) is 22.8. The first-order valence-electron chi connectivity index (χ1n) is 11.1. The number of hydrogen-bond acceptors (Lipinski definition) is 9. The fourth-order valence-corrected chi connectivity index (χ4v) is 5.53. The summed E-state index contributed by atoms with van der Waals surface area (Å²) in [7, 11) is 0. The molecule has 1 atom stereocenters. The Hall–Kier alpha value is -2.60. The summed E-state index contributed by atoms with van der Waals surface area (Å²) in [6.07, 6.45) is 2.89. The summed E-state index contributed by atoms with van der Waals surface area (Å²) >= 11 is 1.18. The number of amides is 2. The Morgan fingerprint density at radius 3 is 2.85 bits per heavy atom. The van der Waals surface area contributed by atoms with E-state index in [1.54, 1.807) is 12.1 Å². The van der Waals surface area contributed by atoms with Crippen molar-refractivity contribution in [3.05, 3.63) is 23.3 Å². The number of nitrogens with zero attached hydrogens (tertiary/aromatic N) is 3. The molecule has 0 aromatic carbocycles. The van der Waals surface area contributed by atoms with Gasteiger partial charge < -0.3 is 24.1 Å². The molecule has 1 unspecified atom stereocenters. The third-order valence-electron chi connectivity index (χ3n) is 6.23. The molecule has 11 heteroatoms. The van der Waals surface area contributed by atoms with Gasteiger partial charge in [-0.2, -0.15) is 0 Å². The fraction of sp³-hybridized carbons (Fsp3) is 0.545. The number of ketones is 1. The summed E-state index contributed by atoms with van der Waals surface area (Å²) < 4.78 is 16.2. The molecule has 3 saturated heterocycles. The molecule has 1 N–H and O–H groups in total. The van der Waals surface area contributed by atoms with E-state index in [0.717, 1.165) is 0 Å². The molecule has 2 aromatic heterocycles. The van der Waals surface area contributed by atoms with Crippen LogP contribution in [0.25, 0.3) is 11.5 Å². The van der Waals surface area contributed by atoms with Crippen molar-refractivity contribution in [1.29, 1.82) is 0 Å². The second-order valence-corrected chi connectivity index (χ2v) is 9.46. The van der Waals surface area contributed by atoms with Gasteiger partial charge in [-0.15, -0.1) is 0 Å². The molecule has 5 rings (SSSR count). The van der Waals surface area contributed by atoms with Crippen molar-refractivity contribution in [1.82, 2.24) is 14.8 Å². The molecular formula is C22H26N4O6S. The van der Waals surface area contributed by atoms with Crippen molar-refractivity contribution < 1.29 is 28.3 Å². The highest BCUT2D eigenvalue weighted by atomic mass is 32.1. The molecule has 2 aromatic rings. The van der Waals surface area contributed by atoms with Crippen molar-refractivity contribution in [2.75, 3.05) is 57.9 Å². The molecule has 33 heavy (non-hydrogen) atoms. The number of morpholine rings is 1. The van der Waals surface area contributed by atoms with Crippen LogP contribution in [0, 0.1) is 5.92 Å². The highest BCUT2D eigenvalue weighted by molar-refractivity contribution is 7.18. The highest BCUT2D eigenvalue weighted by Gasteiger charge is 2.34. The van der Waals surface area contributed by atoms with E-state index in [1.807, 2.05) is 9.80 Å². The third kappa shape index (κ3) is 4.86. The van der Waals surface area contributed by atoms with E-state index in [1.165, 1.54) is 17.6 Å². The lowest BCUT2D eigenvalue weighted by atomic mass is 9.94. The Bertz CT molecular complexity index is 1020. The SMILES string of the molecule is O=C(CN1CCN2C(=O)COCC2C1)Nc1nc(-c2ccco2)c(C(=O)C2CCOCC2)s1. The summed E-state index contributed by atoms with van der Waals surface area (Å²) in [6.45, 7) is 3.73. The van der Waals surface area contributed by atoms with Gasteiger partial charge in [0.15, 0.2) is 16.7 Å². The van der Waals surface area contributed by atoms with E-state index in [0.29, 0.717) is 73.8 Å². The minimum absolute atomic E-state index is 0.00492. The van der Waals surface area contributed by atoms with Crippen LogP contribution in [0.1, 0.15) is 22.5 Å². The summed E-state index contributed by atoms with van der Waals surface area (Å²) in [5.74, 6) is 0.191. The number of aromatic nitrogens is 1. The molecule has 0 saturated carbocycles. The van der Waals surface area contributed by atoms with Gasteiger partial charge in [-0.05, 0) is 25.0 Å². The molecular weight excluding hydrogens is 448 g/mol. The van der Waals surface area contributed by atoms with Crippen LogP contribution in [0.5, 0.6) is 0 Å². The van der Waals surface area contributed by atoms with Crippen LogP contribution >= 0.6 is 11.3 Å². The highest BCUT2D eigenvalue weighted by Crippen LogP contribution is 2.35. The molecule has 176 valence electrons. The topological polar surface area (TPSA) is 114 Å². The number of thiazole rings is 1. The van der Waals surface area contributed by atoms with E-state index in [2.05, 4.69) is 10.3 Å². The molecule has 0 spiro atoms. The summed E-state index contributed by atoms with van der Waals surface area (Å²) in [6, 6.07) is 3.48. The van der Waals surface area contributed by atoms with Gasteiger partial charge in [-0.3, -0.25) is 19.3 Å². The maximum atomic E-state index is 13.2. The lowest BCUT2D eigenvalue weighted by Crippen LogP contribution is -2.60. The van der Waals surface area contributed by atoms with Crippen molar-refractivity contribution in [2.24, 2.45) is 5.92 Å². The van der Waals surface area contributed by atoms with Crippen molar-refractivity contribution in [3.63, 3.8) is 0 Å². The quantitative estimate of drug-likeness (QED) is 0.627. The van der Waals surface area contributed by atoms with Gasteiger partial charge in [0.1, 0.15) is 17.2 Å². The number of nitrogens with one attached hydrogen (secondary N) is 1. The predicted molar refractivity (Wildman–Crippen MR) is 119 cm³/mol. The van der Waals surface area contributed by atoms with Gasteiger partial charge >= 0.3 is 0 Å². The molecule has 3 aliphatic rings. The van der Waals surface area contributed by atoms with E-state index in [9.17, 15) is 14.4 Å². The summed E-state index contributed by atoms with van der Waals surface area (Å²) in [4.78, 5) is 46.8. The smallest absolute Gasteiger partial charge is 0.248 e. The number of ether oxygens (including phenoxy) is 2. The van der Waals surface area contributed by atoms with Crippen LogP contribution in [0.4, 0.5) is 5.13 Å². The van der Waals surface area contributed by atoms with Gasteiger partial charge in [-0.25, -0.2) is 4.98 Å². The van der Waals surface area contributed by atoms with Crippen molar-refractivity contribution in [2.45, 2.75) is 18.9 Å². The number of carbonyl (C=O) groups is 3. The lowest BCUT2D eigenvalue weighted by molar-refractivity contribution is -0.152. The summed E-state index contributed by atoms with van der Waals surface area (Å²) in [5, 5.41) is 3.22. The molecule has 0 aliphatic carbocycles. The van der Waals surface area contributed by atoms with E-state index in [-0.39, 0.29) is 42.7 Å². The maximum Gasteiger partial charge on any atom is 0.248 e. The van der Waals surface area contributed by atoms with Crippen LogP contribution in [0.15, 0.2) is 22.8 Å². The van der Waals surface area contributed by atoms with Gasteiger partial charge in [0, 0.05) is 38.8 Å². The molecule has 0 radical (unpaired) electrons. The Morgan fingerprint density at radius 1 is 1.21 bits per heavy atom. The minimum Gasteiger partial charge on any atom is -0.463 e. The first-order chi connectivity index (χ1) is 16.1. The second kappa shape index (κ2) is 9.72. The van der Waals surface area contributed by atoms with Gasteiger partial charge in [-0.1, -0.05) is 11.3 Å². The number of rotatable bonds is 6. The molecule has 2 amide bonds. The molecule has 3 fully saturated rings. The second-order valence-electron chi connectivity index (χ2n) is 8.46. The van der Waals surface area contributed by atoms with Gasteiger partial charge in [0.25, 0.3) is 0 Å². The van der Waals surface area contributed by atoms with Crippen LogP contribution < -0.4 is 5.32 Å². The molecule has 10 nitrogen and oxygen atoms in total. The predicted octanol–water partition coefficient (Wildman–Crippen LogP) is 1.49. The molecule has 3 aliphatic heterocycles. The van der Waals surface area contributed by atoms with Crippen LogP contribution in [-0.4, -0.2) is 91.0 Å². The lowest BCUT2D eigenvalue weighted by Gasteiger charge is -2.43. The monoisotopic (exact) mass is 474 g/mol. The number of fused-ring (bicyclic) bond motifs is 1. The Morgan fingerprint density at radius 2 is 2.06 bits per heavy atom. The van der Waals surface area contributed by atoms with Crippen LogP contribution in [-0.2, 0) is 19.1 Å². The van der Waals surface area contributed by atoms with Crippen molar-refractivity contribution >= 4 is 34.1 Å². The number of piperazine rings is 1. The van der Waals surface area contributed by atoms with Crippen LogP contribution in [0.3, 0.4) is 0 Å². The number of Topliss-reactive ketones (excluding diaryl/α,β-unsaturated/α-hetero) is 1. The first-order valence-corrected chi connectivity index (χ1v) is 12.0. The number of carbonyl (C=O) groups excluding carboxylic acids is 3. The average Bonchev–Trinajstić information content (AvgIpc) is 3.49. The Kier molecular flexibility index (Phi) is 6.54. The average molecular weight is 475 g/mol. The minimum atomic E-state index is -0.212. The number of hydrogen-bond donors (Lipinski definition) is 1. The zero-order valence-corrected chi connectivity index (χ0v) is 19.0. The van der Waals surface area contributed by atoms with E-state index < -0.39 is 0 Å². The summed E-state index contributed by atoms with van der Waals surface area (Å²) in [5.41, 5.74) is 0.461. The maximum absolute atomic E-state index is 13.2. The fourth-order valence-electron chi connectivity index (χ4n) is 4.53. The Balaban J connectivity index is 1.27. The normalized spacial score (nSPS) is 22.2. The zero-order valence-electron chi connectivity index (χ0n) is 18.2. The number of anilines is 1. The Labute approximate surface area is 194 Å². The number of furan rings is 1. The largest absolute Gasteiger partial charge is 0.463 e. The molecule has 5 heterocycles. The van der Waals surface area contributed by atoms with E-state index in [4.69, 9.17) is 13.9 Å². The van der Waals surface area contributed by atoms with Crippen LogP contribution in [0.2, 0.25) is 0 Å². The van der Waals surface area contributed by atoms with Gasteiger partial charge in [0.2, 0.25) is 11.8 Å². The molecule has 0 bridgehead atoms. The first kappa shape index (κ1) is 22.2. The van der Waals surface area contributed by atoms with Gasteiger partial charge in [0.05, 0.1) is 25.5 Å². The van der Waals surface area contributed by atoms with E-state index >= 15 is 0 Å². The third-order valence-corrected chi connectivity index (χ3v) is 7.22. The standard InChI is InChI=1S/C22H26N4O6S/c27-17(11-25-5-6-26-15(10-25)12-31-13-18(26)28)23-22-24-19(16-2-1-7-32-16)21(33-22)20(29)14-3-8-30-9-4-14/h1-2,7,14-15H,3-6,8-13H2,(H,23,24,27). The van der Waals surface area contributed by atoms with Crippen molar-refractivity contribution in [3.8, 4) is 11.5 Å².